The molecule has 0 spiro atoms. The topological polar surface area (TPSA) is 44.1 Å². The van der Waals surface area contributed by atoms with Crippen molar-refractivity contribution >= 4 is 40.6 Å². The molecule has 7 heteroatoms. The zero-order valence-corrected chi connectivity index (χ0v) is 14.5. The second-order valence-corrected chi connectivity index (χ2v) is 6.21. The maximum atomic E-state index is 12.9. The van der Waals surface area contributed by atoms with Gasteiger partial charge < -0.3 is 4.74 Å². The van der Waals surface area contributed by atoms with Crippen molar-refractivity contribution in [2.24, 2.45) is 0 Å². The summed E-state index contributed by atoms with van der Waals surface area (Å²) in [5, 5.41) is 1.22. The van der Waals surface area contributed by atoms with Crippen molar-refractivity contribution in [3.63, 3.8) is 0 Å². The molecule has 0 saturated heterocycles. The first-order chi connectivity index (χ1) is 11.5. The van der Waals surface area contributed by atoms with Gasteiger partial charge in [-0.1, -0.05) is 40.9 Å². The Kier molecular flexibility index (Phi) is 5.09. The summed E-state index contributed by atoms with van der Waals surface area (Å²) in [6.45, 7) is 0. The van der Waals surface area contributed by atoms with Crippen LogP contribution in [0.4, 0.5) is 0 Å². The van der Waals surface area contributed by atoms with Crippen molar-refractivity contribution in [1.29, 1.82) is 0 Å². The van der Waals surface area contributed by atoms with Crippen LogP contribution in [0.1, 0.15) is 16.6 Å². The third-order valence-corrected chi connectivity index (χ3v) is 4.04. The first-order valence-electron chi connectivity index (χ1n) is 6.93. The lowest BCUT2D eigenvalue weighted by molar-refractivity contribution is 0.0653. The van der Waals surface area contributed by atoms with Crippen LogP contribution in [0.25, 0.3) is 0 Å². The van der Waals surface area contributed by atoms with Gasteiger partial charge >= 0.3 is 0 Å². The number of hydrogen-bond donors (Lipinski definition) is 0. The summed E-state index contributed by atoms with van der Waals surface area (Å²) in [5.41, 5.74) is 0.307. The molecule has 0 aliphatic heterocycles. The van der Waals surface area contributed by atoms with E-state index in [9.17, 15) is 4.79 Å². The molecule has 3 aromatic rings. The predicted octanol–water partition coefficient (Wildman–Crippen LogP) is 5.30. The number of Topliss-reactive ketones (excluding diaryl/α,β-unsaturated/α-hetero) is 1. The molecule has 0 unspecified atom stereocenters. The monoisotopic (exact) mass is 380 g/mol. The van der Waals surface area contributed by atoms with E-state index in [1.165, 1.54) is 12.4 Å². The Hall–Kier alpha value is -2.01. The maximum Gasteiger partial charge on any atom is 0.241 e. The lowest BCUT2D eigenvalue weighted by atomic mass is 10.1. The summed E-state index contributed by atoms with van der Waals surface area (Å²) in [7, 11) is 0. The van der Waals surface area contributed by atoms with E-state index in [-0.39, 0.29) is 10.8 Å². The second kappa shape index (κ2) is 7.26. The Morgan fingerprint density at radius 2 is 1.88 bits per heavy atom. The summed E-state index contributed by atoms with van der Waals surface area (Å²) in [6.07, 6.45) is 3.73. The molecule has 0 amide bonds. The zero-order valence-electron chi connectivity index (χ0n) is 12.2. The lowest BCUT2D eigenvalue weighted by Gasteiger charge is -2.20. The number of imidazole rings is 1. The van der Waals surface area contributed by atoms with E-state index in [0.717, 1.165) is 0 Å². The zero-order chi connectivity index (χ0) is 17.1. The van der Waals surface area contributed by atoms with Crippen molar-refractivity contribution in [2.45, 2.75) is 6.23 Å². The van der Waals surface area contributed by atoms with Gasteiger partial charge in [0.1, 0.15) is 5.75 Å². The summed E-state index contributed by atoms with van der Waals surface area (Å²) < 4.78 is 7.39. The number of benzene rings is 2. The highest BCUT2D eigenvalue weighted by atomic mass is 35.5. The summed E-state index contributed by atoms with van der Waals surface area (Å²) in [6, 6.07) is 11.5. The molecule has 0 fully saturated rings. The predicted molar refractivity (Wildman–Crippen MR) is 94.1 cm³/mol. The molecule has 0 saturated carbocycles. The molecule has 3 rings (SSSR count). The fourth-order valence-corrected chi connectivity index (χ4v) is 2.83. The van der Waals surface area contributed by atoms with E-state index < -0.39 is 6.23 Å². The third kappa shape index (κ3) is 3.73. The molecule has 122 valence electrons. The van der Waals surface area contributed by atoms with Gasteiger partial charge in [0.05, 0.1) is 11.3 Å². The Balaban J connectivity index is 1.97. The normalized spacial score (nSPS) is 12.0. The third-order valence-electron chi connectivity index (χ3n) is 3.26. The molecule has 1 heterocycles. The highest BCUT2D eigenvalue weighted by Crippen LogP contribution is 2.28. The van der Waals surface area contributed by atoms with Gasteiger partial charge in [0.2, 0.25) is 12.0 Å². The van der Waals surface area contributed by atoms with Gasteiger partial charge in [0.15, 0.2) is 0 Å². The number of aromatic nitrogens is 2. The molecule has 0 N–H and O–H groups in total. The van der Waals surface area contributed by atoms with Gasteiger partial charge in [0.25, 0.3) is 0 Å². The van der Waals surface area contributed by atoms with Crippen molar-refractivity contribution in [3.8, 4) is 5.75 Å². The van der Waals surface area contributed by atoms with E-state index in [4.69, 9.17) is 39.5 Å². The number of ether oxygens (including phenoxy) is 1. The Bertz CT molecular complexity index is 866. The number of nitrogens with zero attached hydrogens (tertiary/aromatic N) is 2. The Morgan fingerprint density at radius 3 is 2.54 bits per heavy atom. The van der Waals surface area contributed by atoms with Crippen molar-refractivity contribution < 1.29 is 9.53 Å². The molecular formula is C17H11Cl3N2O2. The van der Waals surface area contributed by atoms with Crippen LogP contribution in [0.15, 0.2) is 61.2 Å². The Morgan fingerprint density at radius 1 is 1.08 bits per heavy atom. The first-order valence-corrected chi connectivity index (χ1v) is 8.07. The van der Waals surface area contributed by atoms with Crippen LogP contribution in [0.3, 0.4) is 0 Å². The van der Waals surface area contributed by atoms with Gasteiger partial charge in [-0.15, -0.1) is 0 Å². The molecule has 0 radical (unpaired) electrons. The lowest BCUT2D eigenvalue weighted by Crippen LogP contribution is -2.24. The van der Waals surface area contributed by atoms with Gasteiger partial charge in [-0.25, -0.2) is 4.98 Å². The molecule has 0 aliphatic rings. The largest absolute Gasteiger partial charge is 0.462 e. The van der Waals surface area contributed by atoms with Crippen LogP contribution in [0.5, 0.6) is 5.75 Å². The van der Waals surface area contributed by atoms with Gasteiger partial charge in [-0.05, 0) is 36.4 Å². The van der Waals surface area contributed by atoms with Crippen molar-refractivity contribution in [2.75, 3.05) is 0 Å². The number of carbonyl (C=O) groups excluding carboxylic acids is 1. The highest BCUT2D eigenvalue weighted by Gasteiger charge is 2.25. The van der Waals surface area contributed by atoms with Crippen LogP contribution in [0, 0.1) is 0 Å². The minimum absolute atomic E-state index is 0.257. The molecular weight excluding hydrogens is 371 g/mol. The number of halogens is 3. The minimum atomic E-state index is -0.968. The van der Waals surface area contributed by atoms with Crippen molar-refractivity contribution in [3.05, 3.63) is 81.8 Å². The summed E-state index contributed by atoms with van der Waals surface area (Å²) >= 11 is 18.0. The SMILES string of the molecule is O=C(c1ccc(Cl)cc1Cl)[C@H](Oc1cccc(Cl)c1)n1ccnc1. The number of ketones is 1. The van der Waals surface area contributed by atoms with Crippen LogP contribution in [-0.2, 0) is 0 Å². The van der Waals surface area contributed by atoms with Crippen LogP contribution in [-0.4, -0.2) is 15.3 Å². The molecule has 0 aliphatic carbocycles. The first kappa shape index (κ1) is 16.8. The standard InChI is InChI=1S/C17H11Cl3N2O2/c18-11-2-1-3-13(8-11)24-17(22-7-6-21-10-22)16(23)14-5-4-12(19)9-15(14)20/h1-10,17H/t17-/m0/s1. The van der Waals surface area contributed by atoms with Gasteiger partial charge in [-0.2, -0.15) is 0 Å². The van der Waals surface area contributed by atoms with E-state index in [0.29, 0.717) is 21.4 Å². The fraction of sp³-hybridized carbons (Fsp3) is 0.0588. The van der Waals surface area contributed by atoms with Crippen molar-refractivity contribution in [1.82, 2.24) is 9.55 Å². The quantitative estimate of drug-likeness (QED) is 0.563. The molecule has 1 aromatic heterocycles. The number of carbonyl (C=O) groups is 1. The molecule has 2 aromatic carbocycles. The molecule has 24 heavy (non-hydrogen) atoms. The molecule has 4 nitrogen and oxygen atoms in total. The smallest absolute Gasteiger partial charge is 0.241 e. The van der Waals surface area contributed by atoms with Gasteiger partial charge in [0, 0.05) is 28.0 Å². The van der Waals surface area contributed by atoms with E-state index in [1.807, 2.05) is 0 Å². The van der Waals surface area contributed by atoms with E-state index in [2.05, 4.69) is 4.98 Å². The van der Waals surface area contributed by atoms with E-state index in [1.54, 1.807) is 53.4 Å². The van der Waals surface area contributed by atoms with Crippen LogP contribution in [0.2, 0.25) is 15.1 Å². The highest BCUT2D eigenvalue weighted by molar-refractivity contribution is 6.37. The maximum absolute atomic E-state index is 12.9. The van der Waals surface area contributed by atoms with Crippen LogP contribution >= 0.6 is 34.8 Å². The Labute approximate surface area is 153 Å². The number of hydrogen-bond acceptors (Lipinski definition) is 3. The average molecular weight is 382 g/mol. The molecule has 1 atom stereocenters. The minimum Gasteiger partial charge on any atom is -0.462 e. The van der Waals surface area contributed by atoms with Crippen LogP contribution < -0.4 is 4.74 Å². The summed E-state index contributed by atoms with van der Waals surface area (Å²) in [4.78, 5) is 16.9. The second-order valence-electron chi connectivity index (χ2n) is 4.93. The number of rotatable bonds is 5. The van der Waals surface area contributed by atoms with E-state index >= 15 is 0 Å². The van der Waals surface area contributed by atoms with Gasteiger partial charge in [-0.3, -0.25) is 9.36 Å². The fourth-order valence-electron chi connectivity index (χ4n) is 2.15. The average Bonchev–Trinajstić information content (AvgIpc) is 3.06. The molecule has 0 bridgehead atoms. The summed E-state index contributed by atoms with van der Waals surface area (Å²) in [5.74, 6) is 0.134.